The normalized spacial score (nSPS) is 10.5. The van der Waals surface area contributed by atoms with E-state index in [0.717, 1.165) is 11.5 Å². The molecule has 0 aliphatic carbocycles. The van der Waals surface area contributed by atoms with Crippen LogP contribution < -0.4 is 5.32 Å². The number of hydrogen-bond donors (Lipinski definition) is 2. The van der Waals surface area contributed by atoms with Gasteiger partial charge in [-0.25, -0.2) is 14.8 Å². The van der Waals surface area contributed by atoms with Gasteiger partial charge in [0.1, 0.15) is 11.6 Å². The Balaban J connectivity index is 2.10. The Morgan fingerprint density at radius 3 is 2.53 bits per heavy atom. The van der Waals surface area contributed by atoms with Crippen molar-refractivity contribution in [3.05, 3.63) is 40.7 Å². The number of oxazole rings is 1. The molecule has 0 fully saturated rings. The Morgan fingerprint density at radius 1 is 1.26 bits per heavy atom. The molecule has 0 radical (unpaired) electrons. The summed E-state index contributed by atoms with van der Waals surface area (Å²) in [5.41, 5.74) is 1.52. The largest absolute Gasteiger partial charge is 0.478 e. The Kier molecular flexibility index (Phi) is 3.50. The van der Waals surface area contributed by atoms with Crippen molar-refractivity contribution < 1.29 is 14.3 Å². The highest BCUT2D eigenvalue weighted by atomic mass is 16.4. The van der Waals surface area contributed by atoms with Gasteiger partial charge in [-0.2, -0.15) is 0 Å². The second kappa shape index (κ2) is 5.09. The van der Waals surface area contributed by atoms with Gasteiger partial charge >= 0.3 is 5.97 Å². The van der Waals surface area contributed by atoms with Gasteiger partial charge in [0.15, 0.2) is 5.89 Å². The number of aryl methyl sites for hydroxylation is 3. The minimum Gasteiger partial charge on any atom is -0.478 e. The molecule has 0 atom stereocenters. The second-order valence-corrected chi connectivity index (χ2v) is 4.23. The predicted octanol–water partition coefficient (Wildman–Crippen LogP) is 2.31. The van der Waals surface area contributed by atoms with Crippen LogP contribution in [0.25, 0.3) is 0 Å². The number of carboxylic acids is 1. The first kappa shape index (κ1) is 13.1. The van der Waals surface area contributed by atoms with Gasteiger partial charge in [0.2, 0.25) is 0 Å². The fourth-order valence-electron chi connectivity index (χ4n) is 1.79. The minimum atomic E-state index is -0.974. The summed E-state index contributed by atoms with van der Waals surface area (Å²) >= 11 is 0. The molecule has 2 heterocycles. The molecule has 2 aromatic heterocycles. The molecule has 2 aromatic rings. The summed E-state index contributed by atoms with van der Waals surface area (Å²) in [5, 5.41) is 12.0. The standard InChI is InChI=1S/C13H15N3O3/c1-7-10(13(17)18)4-5-12(16-7)14-6-11-8(2)15-9(3)19-11/h4-5H,6H2,1-3H3,(H,14,16)(H,17,18). The quantitative estimate of drug-likeness (QED) is 0.878. The lowest BCUT2D eigenvalue weighted by Crippen LogP contribution is -2.06. The van der Waals surface area contributed by atoms with E-state index in [1.165, 1.54) is 6.07 Å². The molecule has 0 amide bonds. The SMILES string of the molecule is Cc1nc(C)c(CNc2ccc(C(=O)O)c(C)n2)o1. The molecule has 0 spiro atoms. The summed E-state index contributed by atoms with van der Waals surface area (Å²) in [7, 11) is 0. The van der Waals surface area contributed by atoms with E-state index in [1.54, 1.807) is 19.9 Å². The molecular formula is C13H15N3O3. The number of aromatic nitrogens is 2. The summed E-state index contributed by atoms with van der Waals surface area (Å²) in [6.45, 7) is 5.80. The van der Waals surface area contributed by atoms with E-state index in [2.05, 4.69) is 15.3 Å². The van der Waals surface area contributed by atoms with Gasteiger partial charge in [-0.3, -0.25) is 0 Å². The van der Waals surface area contributed by atoms with Gasteiger partial charge in [0.25, 0.3) is 0 Å². The average molecular weight is 261 g/mol. The van der Waals surface area contributed by atoms with E-state index in [1.807, 2.05) is 6.92 Å². The van der Waals surface area contributed by atoms with Crippen LogP contribution in [0.3, 0.4) is 0 Å². The van der Waals surface area contributed by atoms with Crippen molar-refractivity contribution in [2.24, 2.45) is 0 Å². The smallest absolute Gasteiger partial charge is 0.337 e. The fourth-order valence-corrected chi connectivity index (χ4v) is 1.79. The number of nitrogens with zero attached hydrogens (tertiary/aromatic N) is 2. The van der Waals surface area contributed by atoms with E-state index in [9.17, 15) is 4.79 Å². The van der Waals surface area contributed by atoms with Gasteiger partial charge < -0.3 is 14.8 Å². The number of anilines is 1. The van der Waals surface area contributed by atoms with Crippen molar-refractivity contribution in [2.45, 2.75) is 27.3 Å². The van der Waals surface area contributed by atoms with Crippen molar-refractivity contribution in [1.29, 1.82) is 0 Å². The van der Waals surface area contributed by atoms with E-state index < -0.39 is 5.97 Å². The highest BCUT2D eigenvalue weighted by Gasteiger charge is 2.10. The molecule has 2 rings (SSSR count). The van der Waals surface area contributed by atoms with Gasteiger partial charge in [0, 0.05) is 6.92 Å². The van der Waals surface area contributed by atoms with Crippen LogP contribution in [0.4, 0.5) is 5.82 Å². The number of hydrogen-bond acceptors (Lipinski definition) is 5. The zero-order valence-corrected chi connectivity index (χ0v) is 11.0. The summed E-state index contributed by atoms with van der Waals surface area (Å²) in [6.07, 6.45) is 0. The first-order valence-corrected chi connectivity index (χ1v) is 5.85. The maximum Gasteiger partial charge on any atom is 0.337 e. The average Bonchev–Trinajstić information content (AvgIpc) is 2.65. The third kappa shape index (κ3) is 2.90. The Morgan fingerprint density at radius 2 is 2.00 bits per heavy atom. The van der Waals surface area contributed by atoms with Crippen molar-refractivity contribution in [3.8, 4) is 0 Å². The van der Waals surface area contributed by atoms with Crippen LogP contribution >= 0.6 is 0 Å². The third-order valence-electron chi connectivity index (χ3n) is 2.75. The van der Waals surface area contributed by atoms with E-state index in [4.69, 9.17) is 9.52 Å². The van der Waals surface area contributed by atoms with Crippen LogP contribution in [0.2, 0.25) is 0 Å². The molecule has 0 bridgehead atoms. The van der Waals surface area contributed by atoms with Crippen LogP contribution in [-0.2, 0) is 6.54 Å². The van der Waals surface area contributed by atoms with E-state index >= 15 is 0 Å². The van der Waals surface area contributed by atoms with E-state index in [-0.39, 0.29) is 5.56 Å². The van der Waals surface area contributed by atoms with Crippen LogP contribution in [0.15, 0.2) is 16.5 Å². The van der Waals surface area contributed by atoms with Gasteiger partial charge in [-0.1, -0.05) is 0 Å². The Hall–Kier alpha value is -2.37. The maximum atomic E-state index is 10.9. The number of rotatable bonds is 4. The number of pyridine rings is 1. The van der Waals surface area contributed by atoms with Gasteiger partial charge in [0.05, 0.1) is 23.5 Å². The highest BCUT2D eigenvalue weighted by Crippen LogP contribution is 2.14. The number of nitrogens with one attached hydrogen (secondary N) is 1. The molecule has 0 saturated carbocycles. The first-order valence-electron chi connectivity index (χ1n) is 5.85. The number of carboxylic acid groups (broad SMARTS) is 1. The van der Waals surface area contributed by atoms with Crippen molar-refractivity contribution in [1.82, 2.24) is 9.97 Å². The lowest BCUT2D eigenvalue weighted by molar-refractivity contribution is 0.0695. The second-order valence-electron chi connectivity index (χ2n) is 4.23. The first-order chi connectivity index (χ1) is 8.97. The molecule has 0 unspecified atom stereocenters. The predicted molar refractivity (Wildman–Crippen MR) is 69.2 cm³/mol. The highest BCUT2D eigenvalue weighted by molar-refractivity contribution is 5.89. The number of aromatic carboxylic acids is 1. The summed E-state index contributed by atoms with van der Waals surface area (Å²) in [5.74, 6) is 1.01. The Bertz CT molecular complexity index is 620. The van der Waals surface area contributed by atoms with E-state index in [0.29, 0.717) is 23.9 Å². The van der Waals surface area contributed by atoms with Crippen LogP contribution in [0, 0.1) is 20.8 Å². The molecule has 6 nitrogen and oxygen atoms in total. The Labute approximate surface area is 110 Å². The maximum absolute atomic E-state index is 10.9. The molecule has 0 saturated heterocycles. The van der Waals surface area contributed by atoms with Crippen molar-refractivity contribution in [3.63, 3.8) is 0 Å². The third-order valence-corrected chi connectivity index (χ3v) is 2.75. The zero-order chi connectivity index (χ0) is 14.0. The number of carbonyl (C=O) groups is 1. The minimum absolute atomic E-state index is 0.206. The molecule has 0 aliphatic heterocycles. The van der Waals surface area contributed by atoms with Crippen LogP contribution in [0.1, 0.15) is 33.4 Å². The molecule has 100 valence electrons. The van der Waals surface area contributed by atoms with Crippen LogP contribution in [0.5, 0.6) is 0 Å². The molecule has 6 heteroatoms. The monoisotopic (exact) mass is 261 g/mol. The molecular weight excluding hydrogens is 246 g/mol. The topological polar surface area (TPSA) is 88.2 Å². The summed E-state index contributed by atoms with van der Waals surface area (Å²) in [4.78, 5) is 19.2. The van der Waals surface area contributed by atoms with Crippen molar-refractivity contribution in [2.75, 3.05) is 5.32 Å². The molecule has 0 aromatic carbocycles. The lowest BCUT2D eigenvalue weighted by atomic mass is 10.2. The molecule has 19 heavy (non-hydrogen) atoms. The molecule has 2 N–H and O–H groups in total. The molecule has 0 aliphatic rings. The summed E-state index contributed by atoms with van der Waals surface area (Å²) in [6, 6.07) is 3.17. The van der Waals surface area contributed by atoms with Gasteiger partial charge in [-0.05, 0) is 26.0 Å². The fraction of sp³-hybridized carbons (Fsp3) is 0.308. The van der Waals surface area contributed by atoms with Crippen molar-refractivity contribution >= 4 is 11.8 Å². The summed E-state index contributed by atoms with van der Waals surface area (Å²) < 4.78 is 5.43. The zero-order valence-electron chi connectivity index (χ0n) is 11.0. The lowest BCUT2D eigenvalue weighted by Gasteiger charge is -2.06. The van der Waals surface area contributed by atoms with Gasteiger partial charge in [-0.15, -0.1) is 0 Å². The van der Waals surface area contributed by atoms with Crippen LogP contribution in [-0.4, -0.2) is 21.0 Å².